The molecule has 8 nitrogen and oxygen atoms in total. The number of ether oxygens (including phenoxy) is 2. The lowest BCUT2D eigenvalue weighted by atomic mass is 10.2. The summed E-state index contributed by atoms with van der Waals surface area (Å²) in [6, 6.07) is 5.12. The summed E-state index contributed by atoms with van der Waals surface area (Å²) in [4.78, 5) is 15.0. The van der Waals surface area contributed by atoms with Gasteiger partial charge in [0.25, 0.3) is 10.0 Å². The van der Waals surface area contributed by atoms with Gasteiger partial charge in [0, 0.05) is 6.20 Å². The van der Waals surface area contributed by atoms with E-state index in [0.29, 0.717) is 0 Å². The third kappa shape index (κ3) is 3.57. The largest absolute Gasteiger partial charge is 0.496 e. The van der Waals surface area contributed by atoms with E-state index in [2.05, 4.69) is 9.71 Å². The first-order chi connectivity index (χ1) is 11.3. The van der Waals surface area contributed by atoms with E-state index in [1.165, 1.54) is 32.5 Å². The van der Waals surface area contributed by atoms with Gasteiger partial charge in [-0.1, -0.05) is 0 Å². The summed E-state index contributed by atoms with van der Waals surface area (Å²) in [5.41, 5.74) is 0.634. The predicted molar refractivity (Wildman–Crippen MR) is 86.3 cm³/mol. The van der Waals surface area contributed by atoms with Crippen molar-refractivity contribution < 1.29 is 27.8 Å². The zero-order chi connectivity index (χ0) is 17.9. The van der Waals surface area contributed by atoms with E-state index in [9.17, 15) is 18.3 Å². The van der Waals surface area contributed by atoms with Crippen LogP contribution in [0.1, 0.15) is 15.9 Å². The molecule has 0 aliphatic carbocycles. The lowest BCUT2D eigenvalue weighted by Crippen LogP contribution is -2.15. The zero-order valence-electron chi connectivity index (χ0n) is 13.2. The molecule has 0 bridgehead atoms. The van der Waals surface area contributed by atoms with Gasteiger partial charge < -0.3 is 14.6 Å². The first-order valence-electron chi connectivity index (χ1n) is 6.73. The Kier molecular flexibility index (Phi) is 4.93. The Hall–Kier alpha value is -2.81. The molecule has 0 spiro atoms. The molecule has 0 aliphatic heterocycles. The van der Waals surface area contributed by atoms with Gasteiger partial charge in [0.15, 0.2) is 0 Å². The highest BCUT2D eigenvalue weighted by atomic mass is 32.2. The van der Waals surface area contributed by atoms with Gasteiger partial charge in [-0.3, -0.25) is 4.72 Å². The van der Waals surface area contributed by atoms with Crippen LogP contribution < -0.4 is 14.2 Å². The Bertz CT molecular complexity index is 880. The molecule has 128 valence electrons. The van der Waals surface area contributed by atoms with E-state index in [1.807, 2.05) is 0 Å². The van der Waals surface area contributed by atoms with Crippen LogP contribution in [0.2, 0.25) is 0 Å². The maximum absolute atomic E-state index is 12.5. The van der Waals surface area contributed by atoms with Crippen molar-refractivity contribution in [2.24, 2.45) is 0 Å². The molecule has 0 radical (unpaired) electrons. The van der Waals surface area contributed by atoms with Crippen molar-refractivity contribution in [3.05, 3.63) is 41.6 Å². The van der Waals surface area contributed by atoms with Gasteiger partial charge in [0.2, 0.25) is 5.88 Å². The molecule has 0 atom stereocenters. The summed E-state index contributed by atoms with van der Waals surface area (Å²) >= 11 is 0. The Morgan fingerprint density at radius 1 is 1.21 bits per heavy atom. The van der Waals surface area contributed by atoms with Crippen LogP contribution in [0.25, 0.3) is 0 Å². The molecule has 0 saturated heterocycles. The molecule has 1 aromatic carbocycles. The topological polar surface area (TPSA) is 115 Å². The normalized spacial score (nSPS) is 11.0. The third-order valence-electron chi connectivity index (χ3n) is 3.14. The maximum Gasteiger partial charge on any atom is 0.339 e. The number of rotatable bonds is 6. The quantitative estimate of drug-likeness (QED) is 0.816. The molecule has 0 aliphatic rings. The Morgan fingerprint density at radius 3 is 2.50 bits per heavy atom. The van der Waals surface area contributed by atoms with E-state index in [4.69, 9.17) is 9.47 Å². The van der Waals surface area contributed by atoms with E-state index < -0.39 is 16.0 Å². The summed E-state index contributed by atoms with van der Waals surface area (Å²) in [7, 11) is -1.36. The fraction of sp³-hybridized carbons (Fsp3) is 0.200. The summed E-state index contributed by atoms with van der Waals surface area (Å²) in [5, 5.41) is 9.17. The van der Waals surface area contributed by atoms with Crippen molar-refractivity contribution in [1.29, 1.82) is 0 Å². The number of aromatic carboxylic acids is 1. The number of hydrogen-bond acceptors (Lipinski definition) is 6. The second-order valence-corrected chi connectivity index (χ2v) is 6.52. The highest BCUT2D eigenvalue weighted by Gasteiger charge is 2.21. The molecule has 24 heavy (non-hydrogen) atoms. The van der Waals surface area contributed by atoms with Crippen molar-refractivity contribution in [3.8, 4) is 11.6 Å². The molecular weight excluding hydrogens is 336 g/mol. The Balaban J connectivity index is 2.47. The van der Waals surface area contributed by atoms with Gasteiger partial charge in [-0.05, 0) is 36.8 Å². The highest BCUT2D eigenvalue weighted by molar-refractivity contribution is 7.92. The van der Waals surface area contributed by atoms with E-state index >= 15 is 0 Å². The van der Waals surface area contributed by atoms with E-state index in [0.717, 1.165) is 11.6 Å². The average molecular weight is 352 g/mol. The molecule has 2 rings (SSSR count). The van der Waals surface area contributed by atoms with Crippen molar-refractivity contribution >= 4 is 21.7 Å². The summed E-state index contributed by atoms with van der Waals surface area (Å²) in [6.07, 6.45) is 1.53. The Morgan fingerprint density at radius 2 is 1.92 bits per heavy atom. The smallest absolute Gasteiger partial charge is 0.339 e. The monoisotopic (exact) mass is 352 g/mol. The zero-order valence-corrected chi connectivity index (χ0v) is 14.0. The highest BCUT2D eigenvalue weighted by Crippen LogP contribution is 2.27. The number of aryl methyl sites for hydroxylation is 1. The molecule has 0 saturated carbocycles. The Labute approximate surface area is 139 Å². The number of nitrogens with one attached hydrogen (secondary N) is 1. The second-order valence-electron chi connectivity index (χ2n) is 4.84. The van der Waals surface area contributed by atoms with Crippen LogP contribution >= 0.6 is 0 Å². The molecule has 1 aromatic heterocycles. The lowest BCUT2D eigenvalue weighted by Gasteiger charge is -2.13. The first kappa shape index (κ1) is 17.5. The second kappa shape index (κ2) is 6.75. The number of sulfonamides is 1. The van der Waals surface area contributed by atoms with Gasteiger partial charge in [0.1, 0.15) is 17.0 Å². The molecule has 1 heterocycles. The number of pyridine rings is 1. The van der Waals surface area contributed by atoms with Gasteiger partial charge in [0.05, 0.1) is 19.1 Å². The van der Waals surface area contributed by atoms with Crippen molar-refractivity contribution in [3.63, 3.8) is 0 Å². The number of carbonyl (C=O) groups is 1. The lowest BCUT2D eigenvalue weighted by molar-refractivity contribution is 0.0693. The molecular formula is C15H16N2O6S. The standard InChI is InChI=1S/C15H16N2O6S/c1-9-6-12(14(23-3)16-8-9)17-24(20,21)10-4-5-13(22-2)11(7-10)15(18)19/h4-8,17H,1-3H3,(H,18,19). The third-order valence-corrected chi connectivity index (χ3v) is 4.50. The van der Waals surface area contributed by atoms with Gasteiger partial charge in [-0.25, -0.2) is 18.2 Å². The van der Waals surface area contributed by atoms with Crippen LogP contribution in [0.3, 0.4) is 0 Å². The number of aromatic nitrogens is 1. The fourth-order valence-electron chi connectivity index (χ4n) is 2.02. The van der Waals surface area contributed by atoms with E-state index in [1.54, 1.807) is 13.0 Å². The number of nitrogens with zero attached hydrogens (tertiary/aromatic N) is 1. The molecule has 0 unspecified atom stereocenters. The van der Waals surface area contributed by atoms with Gasteiger partial charge >= 0.3 is 5.97 Å². The van der Waals surface area contributed by atoms with Crippen molar-refractivity contribution in [2.75, 3.05) is 18.9 Å². The van der Waals surface area contributed by atoms with E-state index in [-0.39, 0.29) is 27.8 Å². The predicted octanol–water partition coefficient (Wildman–Crippen LogP) is 1.91. The number of anilines is 1. The number of carboxylic acid groups (broad SMARTS) is 1. The van der Waals surface area contributed by atoms with Crippen LogP contribution in [0.5, 0.6) is 11.6 Å². The number of hydrogen-bond donors (Lipinski definition) is 2. The van der Waals surface area contributed by atoms with Gasteiger partial charge in [-0.15, -0.1) is 0 Å². The number of benzene rings is 1. The van der Waals surface area contributed by atoms with Crippen LogP contribution in [0.15, 0.2) is 35.4 Å². The minimum absolute atomic E-state index is 0.0660. The summed E-state index contributed by atoms with van der Waals surface area (Å²) in [5.74, 6) is -1.12. The first-order valence-corrected chi connectivity index (χ1v) is 8.21. The van der Waals surface area contributed by atoms with Crippen molar-refractivity contribution in [2.45, 2.75) is 11.8 Å². The minimum Gasteiger partial charge on any atom is -0.496 e. The van der Waals surface area contributed by atoms with Gasteiger partial charge in [-0.2, -0.15) is 0 Å². The SMILES string of the molecule is COc1ccc(S(=O)(=O)Nc2cc(C)cnc2OC)cc1C(=O)O. The number of methoxy groups -OCH3 is 2. The van der Waals surface area contributed by atoms with Crippen LogP contribution in [0.4, 0.5) is 5.69 Å². The average Bonchev–Trinajstić information content (AvgIpc) is 2.54. The summed E-state index contributed by atoms with van der Waals surface area (Å²) in [6.45, 7) is 1.75. The fourth-order valence-corrected chi connectivity index (χ4v) is 3.09. The van der Waals surface area contributed by atoms with Crippen LogP contribution in [0, 0.1) is 6.92 Å². The van der Waals surface area contributed by atoms with Crippen molar-refractivity contribution in [1.82, 2.24) is 4.98 Å². The molecule has 9 heteroatoms. The summed E-state index contributed by atoms with van der Waals surface area (Å²) < 4.78 is 37.4. The molecule has 2 N–H and O–H groups in total. The minimum atomic E-state index is -4.03. The molecule has 2 aromatic rings. The molecule has 0 fully saturated rings. The maximum atomic E-state index is 12.5. The number of carboxylic acids is 1. The molecule has 0 amide bonds. The van der Waals surface area contributed by atoms with Crippen LogP contribution in [-0.2, 0) is 10.0 Å². The van der Waals surface area contributed by atoms with Crippen LogP contribution in [-0.4, -0.2) is 38.7 Å².